The van der Waals surface area contributed by atoms with Crippen LogP contribution in [0, 0.1) is 11.7 Å². The zero-order valence-corrected chi connectivity index (χ0v) is 12.2. The van der Waals surface area contributed by atoms with Crippen molar-refractivity contribution in [1.29, 1.82) is 0 Å². The van der Waals surface area contributed by atoms with Gasteiger partial charge in [-0.15, -0.1) is 0 Å². The molecule has 0 aliphatic heterocycles. The van der Waals surface area contributed by atoms with Gasteiger partial charge in [0.25, 0.3) is 0 Å². The predicted octanol–water partition coefficient (Wildman–Crippen LogP) is 3.68. The number of halogens is 1. The van der Waals surface area contributed by atoms with Gasteiger partial charge in [0.1, 0.15) is 0 Å². The highest BCUT2D eigenvalue weighted by atomic mass is 19.1. The largest absolute Gasteiger partial charge is 0.367 e. The van der Waals surface area contributed by atoms with Crippen molar-refractivity contribution in [2.24, 2.45) is 5.92 Å². The molecule has 0 aliphatic carbocycles. The summed E-state index contributed by atoms with van der Waals surface area (Å²) in [6.07, 6.45) is 5.89. The van der Waals surface area contributed by atoms with Crippen LogP contribution in [0.3, 0.4) is 0 Å². The van der Waals surface area contributed by atoms with E-state index in [1.807, 2.05) is 6.92 Å². The Morgan fingerprint density at radius 3 is 2.68 bits per heavy atom. The van der Waals surface area contributed by atoms with Gasteiger partial charge in [0, 0.05) is 13.1 Å². The van der Waals surface area contributed by atoms with Crippen LogP contribution in [0.5, 0.6) is 0 Å². The van der Waals surface area contributed by atoms with Gasteiger partial charge in [-0.05, 0) is 19.3 Å². The SMILES string of the molecule is CCCCC(CC)CNc1nc(NCC)ncc1F. The van der Waals surface area contributed by atoms with E-state index in [-0.39, 0.29) is 0 Å². The molecule has 0 aromatic carbocycles. The van der Waals surface area contributed by atoms with Crippen molar-refractivity contribution < 1.29 is 4.39 Å². The standard InChI is InChI=1S/C14H25FN4/c1-4-7-8-11(5-2)9-17-13-12(15)10-18-14(19-13)16-6-3/h10-11H,4-9H2,1-3H3,(H2,16,17,18,19). The van der Waals surface area contributed by atoms with Crippen LogP contribution in [0.15, 0.2) is 6.20 Å². The van der Waals surface area contributed by atoms with Gasteiger partial charge in [-0.1, -0.05) is 33.1 Å². The lowest BCUT2D eigenvalue weighted by Gasteiger charge is -2.16. The first-order valence-electron chi connectivity index (χ1n) is 7.21. The molecular formula is C14H25FN4. The molecule has 1 rings (SSSR count). The predicted molar refractivity (Wildman–Crippen MR) is 77.9 cm³/mol. The number of aromatic nitrogens is 2. The van der Waals surface area contributed by atoms with E-state index in [4.69, 9.17) is 0 Å². The molecule has 0 radical (unpaired) electrons. The van der Waals surface area contributed by atoms with Gasteiger partial charge in [0.05, 0.1) is 6.20 Å². The van der Waals surface area contributed by atoms with Crippen LogP contribution in [0.2, 0.25) is 0 Å². The van der Waals surface area contributed by atoms with Gasteiger partial charge in [0.15, 0.2) is 11.6 Å². The van der Waals surface area contributed by atoms with Crippen molar-refractivity contribution in [3.8, 4) is 0 Å². The second-order valence-corrected chi connectivity index (χ2v) is 4.72. The Bertz CT molecular complexity index is 370. The van der Waals surface area contributed by atoms with Crippen molar-refractivity contribution in [3.63, 3.8) is 0 Å². The van der Waals surface area contributed by atoms with Crippen LogP contribution in [-0.2, 0) is 0 Å². The summed E-state index contributed by atoms with van der Waals surface area (Å²) in [4.78, 5) is 8.03. The molecule has 1 heterocycles. The number of rotatable bonds is 9. The zero-order valence-electron chi connectivity index (χ0n) is 12.2. The third kappa shape index (κ3) is 5.41. The van der Waals surface area contributed by atoms with E-state index in [9.17, 15) is 4.39 Å². The average molecular weight is 268 g/mol. The molecule has 1 atom stereocenters. The molecule has 0 bridgehead atoms. The van der Waals surface area contributed by atoms with E-state index < -0.39 is 5.82 Å². The smallest absolute Gasteiger partial charge is 0.224 e. The lowest BCUT2D eigenvalue weighted by atomic mass is 9.99. The minimum atomic E-state index is -0.396. The Morgan fingerprint density at radius 1 is 1.26 bits per heavy atom. The summed E-state index contributed by atoms with van der Waals surface area (Å²) in [6.45, 7) is 7.79. The summed E-state index contributed by atoms with van der Waals surface area (Å²) in [7, 11) is 0. The Balaban J connectivity index is 2.57. The third-order valence-electron chi connectivity index (χ3n) is 3.18. The number of anilines is 2. The van der Waals surface area contributed by atoms with Crippen molar-refractivity contribution in [3.05, 3.63) is 12.0 Å². The maximum absolute atomic E-state index is 13.6. The molecule has 0 saturated heterocycles. The summed E-state index contributed by atoms with van der Waals surface area (Å²) in [5, 5.41) is 6.09. The molecule has 0 aliphatic rings. The van der Waals surface area contributed by atoms with E-state index in [1.54, 1.807) is 0 Å². The highest BCUT2D eigenvalue weighted by molar-refractivity contribution is 5.40. The van der Waals surface area contributed by atoms with Crippen LogP contribution in [0.1, 0.15) is 46.5 Å². The fourth-order valence-corrected chi connectivity index (χ4v) is 1.92. The number of nitrogens with one attached hydrogen (secondary N) is 2. The second-order valence-electron chi connectivity index (χ2n) is 4.72. The number of hydrogen-bond acceptors (Lipinski definition) is 4. The van der Waals surface area contributed by atoms with Gasteiger partial charge >= 0.3 is 0 Å². The van der Waals surface area contributed by atoms with Gasteiger partial charge in [-0.2, -0.15) is 4.98 Å². The topological polar surface area (TPSA) is 49.8 Å². The minimum absolute atomic E-state index is 0.292. The quantitative estimate of drug-likeness (QED) is 0.717. The van der Waals surface area contributed by atoms with Crippen molar-refractivity contribution in [2.75, 3.05) is 23.7 Å². The Kier molecular flexibility index (Phi) is 7.15. The van der Waals surface area contributed by atoms with Crippen molar-refractivity contribution in [2.45, 2.75) is 46.5 Å². The highest BCUT2D eigenvalue weighted by Crippen LogP contribution is 2.16. The van der Waals surface area contributed by atoms with Crippen LogP contribution >= 0.6 is 0 Å². The molecule has 19 heavy (non-hydrogen) atoms. The first-order valence-corrected chi connectivity index (χ1v) is 7.21. The molecule has 4 nitrogen and oxygen atoms in total. The van der Waals surface area contributed by atoms with Gasteiger partial charge in [-0.3, -0.25) is 0 Å². The van der Waals surface area contributed by atoms with Crippen molar-refractivity contribution in [1.82, 2.24) is 9.97 Å². The number of unbranched alkanes of at least 4 members (excludes halogenated alkanes) is 1. The molecule has 1 unspecified atom stereocenters. The first kappa shape index (κ1) is 15.7. The minimum Gasteiger partial charge on any atom is -0.367 e. The monoisotopic (exact) mass is 268 g/mol. The lowest BCUT2D eigenvalue weighted by molar-refractivity contribution is 0.471. The maximum atomic E-state index is 13.6. The van der Waals surface area contributed by atoms with E-state index in [0.717, 1.165) is 19.5 Å². The Morgan fingerprint density at radius 2 is 2.05 bits per heavy atom. The molecule has 0 saturated carbocycles. The summed E-state index contributed by atoms with van der Waals surface area (Å²) in [6, 6.07) is 0. The Labute approximate surface area is 115 Å². The third-order valence-corrected chi connectivity index (χ3v) is 3.18. The van der Waals surface area contributed by atoms with Crippen LogP contribution in [0.25, 0.3) is 0 Å². The number of nitrogens with zero attached hydrogens (tertiary/aromatic N) is 2. The van der Waals surface area contributed by atoms with E-state index in [1.165, 1.54) is 25.5 Å². The second kappa shape index (κ2) is 8.67. The molecule has 0 amide bonds. The molecule has 1 aromatic rings. The summed E-state index contributed by atoms with van der Waals surface area (Å²) in [5.41, 5.74) is 0. The fraction of sp³-hybridized carbons (Fsp3) is 0.714. The Hall–Kier alpha value is -1.39. The lowest BCUT2D eigenvalue weighted by Crippen LogP contribution is -2.16. The van der Waals surface area contributed by atoms with Crippen LogP contribution in [-0.4, -0.2) is 23.1 Å². The molecule has 5 heteroatoms. The molecule has 0 spiro atoms. The van der Waals surface area contributed by atoms with Gasteiger partial charge in [-0.25, -0.2) is 9.37 Å². The average Bonchev–Trinajstić information content (AvgIpc) is 2.42. The molecule has 1 aromatic heterocycles. The summed E-state index contributed by atoms with van der Waals surface area (Å²) < 4.78 is 13.6. The van der Waals surface area contributed by atoms with E-state index in [0.29, 0.717) is 17.7 Å². The van der Waals surface area contributed by atoms with E-state index in [2.05, 4.69) is 34.4 Å². The van der Waals surface area contributed by atoms with Crippen molar-refractivity contribution >= 4 is 11.8 Å². The molecule has 108 valence electrons. The highest BCUT2D eigenvalue weighted by Gasteiger charge is 2.10. The van der Waals surface area contributed by atoms with E-state index >= 15 is 0 Å². The molecular weight excluding hydrogens is 243 g/mol. The van der Waals surface area contributed by atoms with Gasteiger partial charge in [0.2, 0.25) is 5.95 Å². The maximum Gasteiger partial charge on any atom is 0.224 e. The fourth-order valence-electron chi connectivity index (χ4n) is 1.92. The molecule has 0 fully saturated rings. The number of hydrogen-bond donors (Lipinski definition) is 2. The first-order chi connectivity index (χ1) is 9.21. The van der Waals surface area contributed by atoms with Crippen LogP contribution < -0.4 is 10.6 Å². The van der Waals surface area contributed by atoms with Crippen LogP contribution in [0.4, 0.5) is 16.2 Å². The summed E-state index contributed by atoms with van der Waals surface area (Å²) in [5.74, 6) is 0.929. The zero-order chi connectivity index (χ0) is 14.1. The molecule has 2 N–H and O–H groups in total. The summed E-state index contributed by atoms with van der Waals surface area (Å²) >= 11 is 0. The normalized spacial score (nSPS) is 12.2. The van der Waals surface area contributed by atoms with Gasteiger partial charge < -0.3 is 10.6 Å².